The highest BCUT2D eigenvalue weighted by atomic mass is 32.1. The molecule has 0 radical (unpaired) electrons. The molecule has 0 atom stereocenters. The van der Waals surface area contributed by atoms with Crippen molar-refractivity contribution in [2.24, 2.45) is 0 Å². The van der Waals surface area contributed by atoms with E-state index in [4.69, 9.17) is 4.98 Å². The summed E-state index contributed by atoms with van der Waals surface area (Å²) >= 11 is 1.09. The maximum Gasteiger partial charge on any atom is 0.238 e. The largest absolute Gasteiger partial charge is 0.337 e. The molecule has 5 aromatic heterocycles. The molecule has 0 bridgehead atoms. The number of benzene rings is 1. The molecule has 37 heavy (non-hydrogen) atoms. The van der Waals surface area contributed by atoms with E-state index in [9.17, 15) is 9.18 Å². The quantitative estimate of drug-likeness (QED) is 0.291. The second-order valence-corrected chi connectivity index (χ2v) is 9.86. The Morgan fingerprint density at radius 2 is 2.00 bits per heavy atom. The number of aromatic nitrogens is 6. The van der Waals surface area contributed by atoms with E-state index < -0.39 is 0 Å². The number of nitrogens with one attached hydrogen (secondary N) is 3. The number of hydrogen-bond acceptors (Lipinski definition) is 7. The average molecular weight is 513 g/mol. The Labute approximate surface area is 214 Å². The fraction of sp³-hybridized carbons (Fsp3) is 0.115. The molecule has 0 saturated heterocycles. The summed E-state index contributed by atoms with van der Waals surface area (Å²) in [6.07, 6.45) is 5.01. The first kappa shape index (κ1) is 23.0. The molecule has 0 aliphatic carbocycles. The van der Waals surface area contributed by atoms with Crippen LogP contribution in [0.4, 0.5) is 10.1 Å². The van der Waals surface area contributed by atoms with E-state index in [1.54, 1.807) is 29.6 Å². The second-order valence-electron chi connectivity index (χ2n) is 8.83. The fourth-order valence-electron chi connectivity index (χ4n) is 4.19. The first-order valence-electron chi connectivity index (χ1n) is 11.4. The highest BCUT2D eigenvalue weighted by Gasteiger charge is 2.17. The van der Waals surface area contributed by atoms with Crippen molar-refractivity contribution < 1.29 is 9.18 Å². The number of hydrogen-bond donors (Lipinski definition) is 3. The van der Waals surface area contributed by atoms with Crippen molar-refractivity contribution in [1.29, 1.82) is 0 Å². The lowest BCUT2D eigenvalue weighted by Crippen LogP contribution is -2.27. The number of rotatable bonds is 6. The SMILES string of the molecule is CN(C)CC(=O)Nc1cncc(-c2cc3c(-c4nc5c(-c6ccc(F)s6)cccc5[nH]4)n[nH]c3cn2)c1. The van der Waals surface area contributed by atoms with Gasteiger partial charge in [-0.1, -0.05) is 12.1 Å². The van der Waals surface area contributed by atoms with Gasteiger partial charge in [-0.25, -0.2) is 4.98 Å². The Morgan fingerprint density at radius 1 is 1.11 bits per heavy atom. The number of pyridine rings is 2. The number of likely N-dealkylation sites (N-methyl/N-ethyl adjacent to an activating group) is 1. The summed E-state index contributed by atoms with van der Waals surface area (Å²) < 4.78 is 13.7. The Kier molecular flexibility index (Phi) is 5.70. The van der Waals surface area contributed by atoms with Gasteiger partial charge in [-0.3, -0.25) is 19.9 Å². The lowest BCUT2D eigenvalue weighted by molar-refractivity contribution is -0.116. The van der Waals surface area contributed by atoms with E-state index in [1.807, 2.05) is 44.4 Å². The van der Waals surface area contributed by atoms with E-state index in [1.165, 1.54) is 6.07 Å². The first-order chi connectivity index (χ1) is 17.9. The highest BCUT2D eigenvalue weighted by Crippen LogP contribution is 2.35. The van der Waals surface area contributed by atoms with Crippen molar-refractivity contribution in [3.8, 4) is 33.2 Å². The molecule has 1 aromatic carbocycles. The zero-order chi connectivity index (χ0) is 25.5. The van der Waals surface area contributed by atoms with Crippen LogP contribution in [0.2, 0.25) is 0 Å². The molecule has 6 aromatic rings. The third kappa shape index (κ3) is 4.46. The van der Waals surface area contributed by atoms with Crippen LogP contribution < -0.4 is 5.32 Å². The summed E-state index contributed by atoms with van der Waals surface area (Å²) in [7, 11) is 3.67. The predicted molar refractivity (Wildman–Crippen MR) is 143 cm³/mol. The third-order valence-corrected chi connectivity index (χ3v) is 6.71. The zero-order valence-electron chi connectivity index (χ0n) is 19.9. The maximum absolute atomic E-state index is 13.7. The first-order valence-corrected chi connectivity index (χ1v) is 12.3. The number of aromatic amines is 2. The minimum atomic E-state index is -0.239. The van der Waals surface area contributed by atoms with Gasteiger partial charge in [-0.15, -0.1) is 11.3 Å². The van der Waals surface area contributed by atoms with Gasteiger partial charge in [0.1, 0.15) is 5.69 Å². The zero-order valence-corrected chi connectivity index (χ0v) is 20.7. The summed E-state index contributed by atoms with van der Waals surface area (Å²) in [6, 6.07) is 12.7. The van der Waals surface area contributed by atoms with Gasteiger partial charge in [0.05, 0.1) is 46.9 Å². The standard InChI is InChI=1S/C26H21FN8OS/c1-35(2)13-23(36)30-15-8-14(10-28-11-15)19-9-17-20(12-29-19)33-34-25(17)26-31-18-5-3-4-16(24(18)32-26)21-6-7-22(27)37-21/h3-12H,13H2,1-2H3,(H,30,36)(H,31,32)(H,33,34). The van der Waals surface area contributed by atoms with E-state index >= 15 is 0 Å². The highest BCUT2D eigenvalue weighted by molar-refractivity contribution is 7.14. The van der Waals surface area contributed by atoms with Crippen molar-refractivity contribution in [3.63, 3.8) is 0 Å². The van der Waals surface area contributed by atoms with Crippen molar-refractivity contribution in [1.82, 2.24) is 35.0 Å². The van der Waals surface area contributed by atoms with E-state index in [-0.39, 0.29) is 17.6 Å². The minimum absolute atomic E-state index is 0.126. The predicted octanol–water partition coefficient (Wildman–Crippen LogP) is 4.93. The molecule has 0 saturated carbocycles. The maximum atomic E-state index is 13.7. The van der Waals surface area contributed by atoms with Gasteiger partial charge < -0.3 is 15.2 Å². The third-order valence-electron chi connectivity index (χ3n) is 5.80. The van der Waals surface area contributed by atoms with Crippen LogP contribution in [-0.4, -0.2) is 61.6 Å². The van der Waals surface area contributed by atoms with Crippen LogP contribution in [0, 0.1) is 5.13 Å². The molecule has 0 unspecified atom stereocenters. The van der Waals surface area contributed by atoms with Crippen LogP contribution in [0.15, 0.2) is 61.1 Å². The lowest BCUT2D eigenvalue weighted by atomic mass is 10.1. The van der Waals surface area contributed by atoms with Crippen molar-refractivity contribution in [2.75, 3.05) is 26.0 Å². The van der Waals surface area contributed by atoms with Gasteiger partial charge in [-0.05, 0) is 44.4 Å². The normalized spacial score (nSPS) is 11.6. The summed E-state index contributed by atoms with van der Waals surface area (Å²) in [4.78, 5) is 31.8. The number of thiophene rings is 1. The number of nitrogens with zero attached hydrogens (tertiary/aromatic N) is 5. The van der Waals surface area contributed by atoms with E-state index in [2.05, 4.69) is 30.5 Å². The Balaban J connectivity index is 1.38. The second kappa shape index (κ2) is 9.19. The van der Waals surface area contributed by atoms with Crippen molar-refractivity contribution >= 4 is 44.9 Å². The van der Waals surface area contributed by atoms with Crippen LogP contribution in [0.3, 0.4) is 0 Å². The molecule has 6 rings (SSSR count). The molecular weight excluding hydrogens is 491 g/mol. The molecule has 0 aliphatic rings. The number of fused-ring (bicyclic) bond motifs is 2. The molecule has 184 valence electrons. The molecule has 0 spiro atoms. The van der Waals surface area contributed by atoms with Crippen LogP contribution >= 0.6 is 11.3 Å². The smallest absolute Gasteiger partial charge is 0.238 e. The monoisotopic (exact) mass is 512 g/mol. The van der Waals surface area contributed by atoms with Crippen LogP contribution in [0.25, 0.3) is 55.2 Å². The number of carbonyl (C=O) groups excluding carboxylic acids is 1. The van der Waals surface area contributed by atoms with E-state index in [0.29, 0.717) is 22.9 Å². The number of H-pyrrole nitrogens is 2. The summed E-state index contributed by atoms with van der Waals surface area (Å²) in [5.74, 6) is 0.463. The topological polar surface area (TPSA) is 115 Å². The summed E-state index contributed by atoms with van der Waals surface area (Å²) in [6.45, 7) is 0.271. The lowest BCUT2D eigenvalue weighted by Gasteiger charge is -2.10. The number of carbonyl (C=O) groups is 1. The number of anilines is 1. The van der Waals surface area contributed by atoms with Crippen molar-refractivity contribution in [3.05, 3.63) is 66.2 Å². The van der Waals surface area contributed by atoms with Crippen LogP contribution in [0.1, 0.15) is 0 Å². The number of halogens is 1. The molecule has 9 nitrogen and oxygen atoms in total. The van der Waals surface area contributed by atoms with Gasteiger partial charge in [0, 0.05) is 27.6 Å². The average Bonchev–Trinajstić information content (AvgIpc) is 3.60. The van der Waals surface area contributed by atoms with Crippen LogP contribution in [0.5, 0.6) is 0 Å². The Bertz CT molecular complexity index is 1770. The molecular formula is C26H21FN8OS. The summed E-state index contributed by atoms with van der Waals surface area (Å²) in [5.41, 5.74) is 5.85. The van der Waals surface area contributed by atoms with Gasteiger partial charge in [0.2, 0.25) is 5.91 Å². The Hall–Kier alpha value is -4.48. The number of amides is 1. The molecule has 1 amide bonds. The number of imidazole rings is 1. The van der Waals surface area contributed by atoms with Crippen molar-refractivity contribution in [2.45, 2.75) is 0 Å². The molecule has 5 heterocycles. The fourth-order valence-corrected chi connectivity index (χ4v) is 4.95. The molecule has 3 N–H and O–H groups in total. The van der Waals surface area contributed by atoms with Crippen LogP contribution in [-0.2, 0) is 4.79 Å². The van der Waals surface area contributed by atoms with Gasteiger partial charge in [-0.2, -0.15) is 9.49 Å². The molecule has 0 fully saturated rings. The Morgan fingerprint density at radius 3 is 2.81 bits per heavy atom. The van der Waals surface area contributed by atoms with Gasteiger partial charge in [0.25, 0.3) is 0 Å². The van der Waals surface area contributed by atoms with Gasteiger partial charge in [0.15, 0.2) is 11.0 Å². The summed E-state index contributed by atoms with van der Waals surface area (Å²) in [5, 5.41) is 11.0. The van der Waals surface area contributed by atoms with Gasteiger partial charge >= 0.3 is 0 Å². The molecule has 11 heteroatoms. The van der Waals surface area contributed by atoms with E-state index in [0.717, 1.165) is 49.3 Å². The minimum Gasteiger partial charge on any atom is -0.337 e. The number of para-hydroxylation sites is 1. The molecule has 0 aliphatic heterocycles.